The van der Waals surface area contributed by atoms with Crippen LogP contribution in [0.3, 0.4) is 0 Å². The summed E-state index contributed by atoms with van der Waals surface area (Å²) < 4.78 is 12.0. The second-order valence-corrected chi connectivity index (χ2v) is 10.7. The highest BCUT2D eigenvalue weighted by Crippen LogP contribution is 2.62. The van der Waals surface area contributed by atoms with E-state index in [0.717, 1.165) is 30.4 Å². The summed E-state index contributed by atoms with van der Waals surface area (Å²) in [6.07, 6.45) is 6.76. The molecule has 1 fully saturated rings. The maximum absolute atomic E-state index is 12.7. The average Bonchev–Trinajstić information content (AvgIpc) is 2.63. The molecule has 0 radical (unpaired) electrons. The van der Waals surface area contributed by atoms with Gasteiger partial charge in [0.05, 0.1) is 0 Å². The normalized spacial score (nSPS) is 38.5. The Kier molecular flexibility index (Phi) is 3.86. The highest BCUT2D eigenvalue weighted by atomic mass is 16.5. The first-order valence-electron chi connectivity index (χ1n) is 11.0. The number of fused-ring (bicyclic) bond motifs is 6. The van der Waals surface area contributed by atoms with E-state index < -0.39 is 11.4 Å². The largest absolute Gasteiger partial charge is 0.507 e. The van der Waals surface area contributed by atoms with Crippen LogP contribution in [0.25, 0.3) is 0 Å². The zero-order valence-electron chi connectivity index (χ0n) is 18.4. The third-order valence-corrected chi connectivity index (χ3v) is 8.51. The number of ketones is 1. The summed E-state index contributed by atoms with van der Waals surface area (Å²) in [5, 5.41) is 10.6. The third kappa shape index (κ3) is 2.41. The van der Waals surface area contributed by atoms with Crippen molar-refractivity contribution in [2.45, 2.75) is 72.0 Å². The topological polar surface area (TPSA) is 72.8 Å². The van der Waals surface area contributed by atoms with Gasteiger partial charge in [-0.05, 0) is 61.6 Å². The Labute approximate surface area is 177 Å². The number of phenols is 1. The molecule has 0 spiro atoms. The van der Waals surface area contributed by atoms with Gasteiger partial charge in [0, 0.05) is 23.8 Å². The number of esters is 1. The van der Waals surface area contributed by atoms with Gasteiger partial charge in [0.25, 0.3) is 0 Å². The first kappa shape index (κ1) is 19.7. The van der Waals surface area contributed by atoms with Crippen molar-refractivity contribution in [3.63, 3.8) is 0 Å². The van der Waals surface area contributed by atoms with Crippen LogP contribution in [-0.2, 0) is 22.4 Å². The van der Waals surface area contributed by atoms with Gasteiger partial charge in [-0.15, -0.1) is 0 Å². The van der Waals surface area contributed by atoms with E-state index in [1.807, 2.05) is 6.92 Å². The SMILES string of the molecule is C[C@@H]1Cc2c3c(cc(O)c2C(=O)O1)O[C@]1(C)CC[C@H]2C(C)(C)C(=O)C=C[C@@]2(C)[C@H]1C3. The summed E-state index contributed by atoms with van der Waals surface area (Å²) in [5.74, 6) is 0.763. The summed E-state index contributed by atoms with van der Waals surface area (Å²) in [5.41, 5.74) is 1.17. The van der Waals surface area contributed by atoms with Crippen LogP contribution in [0, 0.1) is 22.7 Å². The van der Waals surface area contributed by atoms with E-state index in [9.17, 15) is 14.7 Å². The molecule has 30 heavy (non-hydrogen) atoms. The van der Waals surface area contributed by atoms with E-state index in [1.165, 1.54) is 0 Å². The van der Waals surface area contributed by atoms with Crippen LogP contribution in [0.5, 0.6) is 11.5 Å². The Morgan fingerprint density at radius 2 is 1.80 bits per heavy atom. The quantitative estimate of drug-likeness (QED) is 0.643. The van der Waals surface area contributed by atoms with Crippen molar-refractivity contribution in [1.82, 2.24) is 0 Å². The monoisotopic (exact) mass is 410 g/mol. The van der Waals surface area contributed by atoms with Crippen molar-refractivity contribution in [2.24, 2.45) is 22.7 Å². The Hall–Kier alpha value is -2.30. The number of ether oxygens (including phenoxy) is 2. The van der Waals surface area contributed by atoms with Crippen molar-refractivity contribution in [3.8, 4) is 11.5 Å². The molecular formula is C25H30O5. The van der Waals surface area contributed by atoms with E-state index in [4.69, 9.17) is 9.47 Å². The first-order chi connectivity index (χ1) is 14.0. The number of hydrogen-bond acceptors (Lipinski definition) is 5. The summed E-state index contributed by atoms with van der Waals surface area (Å²) in [6.45, 7) is 10.4. The van der Waals surface area contributed by atoms with Gasteiger partial charge in [0.15, 0.2) is 5.78 Å². The maximum atomic E-state index is 12.7. The number of cyclic esters (lactones) is 1. The van der Waals surface area contributed by atoms with Gasteiger partial charge in [-0.3, -0.25) is 4.79 Å². The fourth-order valence-corrected chi connectivity index (χ4v) is 6.92. The highest BCUT2D eigenvalue weighted by molar-refractivity contribution is 5.96. The predicted octanol–water partition coefficient (Wildman–Crippen LogP) is 4.38. The van der Waals surface area contributed by atoms with Crippen molar-refractivity contribution < 1.29 is 24.2 Å². The van der Waals surface area contributed by atoms with E-state index >= 15 is 0 Å². The number of aromatic hydroxyl groups is 1. The summed E-state index contributed by atoms with van der Waals surface area (Å²) >= 11 is 0. The molecule has 2 aliphatic heterocycles. The van der Waals surface area contributed by atoms with Crippen molar-refractivity contribution in [3.05, 3.63) is 34.9 Å². The van der Waals surface area contributed by atoms with Crippen molar-refractivity contribution in [2.75, 3.05) is 0 Å². The standard InChI is InChI=1S/C25H30O5/c1-13-10-15-14-11-19-24(4)8-7-20(27)23(2,3)18(24)6-9-25(19,5)30-17(14)12-16(26)21(15)22(28)29-13/h7-8,12-13,18-19,26H,6,9-11H2,1-5H3/t13-,18+,19-,24-,25-/m1/s1. The van der Waals surface area contributed by atoms with Gasteiger partial charge in [0.1, 0.15) is 28.8 Å². The number of rotatable bonds is 0. The molecule has 5 rings (SSSR count). The van der Waals surface area contributed by atoms with Crippen LogP contribution >= 0.6 is 0 Å². The second-order valence-electron chi connectivity index (χ2n) is 10.7. The molecule has 0 unspecified atom stereocenters. The average molecular weight is 411 g/mol. The molecule has 4 aliphatic rings. The molecule has 1 aromatic carbocycles. The molecule has 160 valence electrons. The fourth-order valence-electron chi connectivity index (χ4n) is 6.92. The highest BCUT2D eigenvalue weighted by Gasteiger charge is 2.61. The Morgan fingerprint density at radius 3 is 2.53 bits per heavy atom. The van der Waals surface area contributed by atoms with Gasteiger partial charge < -0.3 is 14.6 Å². The van der Waals surface area contributed by atoms with Crippen LogP contribution in [0.15, 0.2) is 18.2 Å². The molecule has 0 aromatic heterocycles. The van der Waals surface area contributed by atoms with Gasteiger partial charge in [-0.25, -0.2) is 4.79 Å². The number of phenolic OH excluding ortho intramolecular Hbond substituents is 1. The predicted molar refractivity (Wildman–Crippen MR) is 112 cm³/mol. The molecule has 5 atom stereocenters. The van der Waals surface area contributed by atoms with Crippen LogP contribution in [0.1, 0.15) is 68.9 Å². The summed E-state index contributed by atoms with van der Waals surface area (Å²) in [6, 6.07) is 1.59. The molecule has 0 bridgehead atoms. The van der Waals surface area contributed by atoms with Crippen molar-refractivity contribution in [1.29, 1.82) is 0 Å². The van der Waals surface area contributed by atoms with E-state index in [-0.39, 0.29) is 46.1 Å². The number of carbonyl (C=O) groups is 2. The van der Waals surface area contributed by atoms with Crippen LogP contribution < -0.4 is 4.74 Å². The molecule has 5 nitrogen and oxygen atoms in total. The molecule has 2 heterocycles. The molecule has 5 heteroatoms. The first-order valence-corrected chi connectivity index (χ1v) is 11.0. The Bertz CT molecular complexity index is 1010. The van der Waals surface area contributed by atoms with E-state index in [1.54, 1.807) is 12.1 Å². The molecular weight excluding hydrogens is 380 g/mol. The molecule has 2 aliphatic carbocycles. The maximum Gasteiger partial charge on any atom is 0.342 e. The molecule has 0 amide bonds. The molecule has 0 saturated heterocycles. The lowest BCUT2D eigenvalue weighted by molar-refractivity contribution is -0.148. The number of allylic oxidation sites excluding steroid dienone is 2. The van der Waals surface area contributed by atoms with Gasteiger partial charge >= 0.3 is 5.97 Å². The summed E-state index contributed by atoms with van der Waals surface area (Å²) in [4.78, 5) is 25.1. The lowest BCUT2D eigenvalue weighted by Gasteiger charge is -2.61. The smallest absolute Gasteiger partial charge is 0.342 e. The third-order valence-electron chi connectivity index (χ3n) is 8.51. The van der Waals surface area contributed by atoms with Crippen LogP contribution in [0.2, 0.25) is 0 Å². The number of benzene rings is 1. The van der Waals surface area contributed by atoms with Gasteiger partial charge in [-0.1, -0.05) is 26.8 Å². The van der Waals surface area contributed by atoms with Crippen LogP contribution in [0.4, 0.5) is 0 Å². The van der Waals surface area contributed by atoms with Crippen LogP contribution in [-0.4, -0.2) is 28.6 Å². The van der Waals surface area contributed by atoms with E-state index in [2.05, 4.69) is 33.8 Å². The molecule has 1 N–H and O–H groups in total. The minimum atomic E-state index is -0.464. The lowest BCUT2D eigenvalue weighted by Crippen LogP contribution is -2.61. The zero-order chi connectivity index (χ0) is 21.6. The molecule has 1 saturated carbocycles. The Morgan fingerprint density at radius 1 is 1.07 bits per heavy atom. The molecule has 1 aromatic rings. The minimum Gasteiger partial charge on any atom is -0.507 e. The van der Waals surface area contributed by atoms with E-state index in [0.29, 0.717) is 12.2 Å². The minimum absolute atomic E-state index is 0.0631. The number of hydrogen-bond donors (Lipinski definition) is 1. The van der Waals surface area contributed by atoms with Gasteiger partial charge in [-0.2, -0.15) is 0 Å². The zero-order valence-corrected chi connectivity index (χ0v) is 18.4. The lowest BCUT2D eigenvalue weighted by atomic mass is 9.46. The Balaban J connectivity index is 1.66. The second kappa shape index (κ2) is 5.89. The fraction of sp³-hybridized carbons (Fsp3) is 0.600. The van der Waals surface area contributed by atoms with Crippen molar-refractivity contribution >= 4 is 11.8 Å². The van der Waals surface area contributed by atoms with Gasteiger partial charge in [0.2, 0.25) is 0 Å². The number of carbonyl (C=O) groups excluding carboxylic acids is 2. The summed E-state index contributed by atoms with van der Waals surface area (Å²) in [7, 11) is 0.